The predicted octanol–water partition coefficient (Wildman–Crippen LogP) is 3.71. The monoisotopic (exact) mass is 334 g/mol. The highest BCUT2D eigenvalue weighted by molar-refractivity contribution is 7.09. The standard InChI is InChI=1S/C18H26N2O2S/c1-5-22-14(3)18-19-16(12-23-18)10-20(4)11-17(21)15-8-6-13(2)7-9-15/h6-9,12,14,17,21H,5,10-11H2,1-4H3. The van der Waals surface area contributed by atoms with Crippen LogP contribution in [0.15, 0.2) is 29.6 Å². The normalized spacial score (nSPS) is 14.2. The fourth-order valence-electron chi connectivity index (χ4n) is 2.43. The number of hydrogen-bond donors (Lipinski definition) is 1. The fourth-order valence-corrected chi connectivity index (χ4v) is 3.25. The van der Waals surface area contributed by atoms with Gasteiger partial charge in [0.2, 0.25) is 0 Å². The molecule has 4 nitrogen and oxygen atoms in total. The van der Waals surface area contributed by atoms with Crippen molar-refractivity contribution in [2.24, 2.45) is 0 Å². The largest absolute Gasteiger partial charge is 0.387 e. The summed E-state index contributed by atoms with van der Waals surface area (Å²) in [5.74, 6) is 0. The van der Waals surface area contributed by atoms with Gasteiger partial charge in [-0.3, -0.25) is 4.90 Å². The number of likely N-dealkylation sites (N-methyl/N-ethyl adjacent to an activating group) is 1. The molecule has 2 rings (SSSR count). The van der Waals surface area contributed by atoms with Crippen molar-refractivity contribution in [3.05, 3.63) is 51.5 Å². The first-order chi connectivity index (χ1) is 11.0. The number of nitrogens with zero attached hydrogens (tertiary/aromatic N) is 2. The lowest BCUT2D eigenvalue weighted by Crippen LogP contribution is -2.24. The van der Waals surface area contributed by atoms with E-state index in [9.17, 15) is 5.11 Å². The molecule has 0 aliphatic heterocycles. The third kappa shape index (κ3) is 5.39. The van der Waals surface area contributed by atoms with Crippen LogP contribution >= 0.6 is 11.3 Å². The molecule has 1 N–H and O–H groups in total. The molecule has 1 heterocycles. The molecule has 2 atom stereocenters. The molecule has 0 radical (unpaired) electrons. The number of aliphatic hydroxyl groups excluding tert-OH is 1. The first-order valence-electron chi connectivity index (χ1n) is 7.98. The summed E-state index contributed by atoms with van der Waals surface area (Å²) in [7, 11) is 2.00. The zero-order valence-electron chi connectivity index (χ0n) is 14.3. The van der Waals surface area contributed by atoms with Gasteiger partial charge in [0.15, 0.2) is 0 Å². The van der Waals surface area contributed by atoms with E-state index < -0.39 is 6.10 Å². The van der Waals surface area contributed by atoms with E-state index in [4.69, 9.17) is 4.74 Å². The summed E-state index contributed by atoms with van der Waals surface area (Å²) in [5, 5.41) is 13.4. The molecule has 0 amide bonds. The molecule has 5 heteroatoms. The van der Waals surface area contributed by atoms with Crippen molar-refractivity contribution in [3.8, 4) is 0 Å². The van der Waals surface area contributed by atoms with Gasteiger partial charge in [-0.25, -0.2) is 4.98 Å². The SMILES string of the molecule is CCOC(C)c1nc(CN(C)CC(O)c2ccc(C)cc2)cs1. The predicted molar refractivity (Wildman–Crippen MR) is 94.6 cm³/mol. The van der Waals surface area contributed by atoms with Crippen LogP contribution in [0.25, 0.3) is 0 Å². The molecule has 0 aliphatic rings. The average molecular weight is 334 g/mol. The van der Waals surface area contributed by atoms with Crippen molar-refractivity contribution >= 4 is 11.3 Å². The van der Waals surface area contributed by atoms with E-state index in [-0.39, 0.29) is 6.10 Å². The van der Waals surface area contributed by atoms with E-state index in [0.717, 1.165) is 22.8 Å². The summed E-state index contributed by atoms with van der Waals surface area (Å²) < 4.78 is 5.57. The second-order valence-electron chi connectivity index (χ2n) is 5.90. The Kier molecular flexibility index (Phi) is 6.72. The Morgan fingerprint density at radius 2 is 2.00 bits per heavy atom. The lowest BCUT2D eigenvalue weighted by molar-refractivity contribution is 0.0759. The number of rotatable bonds is 8. The van der Waals surface area contributed by atoms with E-state index in [1.807, 2.05) is 52.1 Å². The van der Waals surface area contributed by atoms with Gasteiger partial charge in [-0.1, -0.05) is 29.8 Å². The lowest BCUT2D eigenvalue weighted by Gasteiger charge is -2.20. The summed E-state index contributed by atoms with van der Waals surface area (Å²) in [6.07, 6.45) is -0.441. The van der Waals surface area contributed by atoms with E-state index in [2.05, 4.69) is 15.3 Å². The van der Waals surface area contributed by atoms with Gasteiger partial charge in [-0.2, -0.15) is 0 Å². The Hall–Kier alpha value is -1.27. The molecule has 1 aromatic carbocycles. The smallest absolute Gasteiger partial charge is 0.122 e. The van der Waals surface area contributed by atoms with Crippen molar-refractivity contribution in [2.75, 3.05) is 20.2 Å². The molecule has 0 saturated carbocycles. The van der Waals surface area contributed by atoms with E-state index >= 15 is 0 Å². The van der Waals surface area contributed by atoms with Gasteiger partial charge in [-0.15, -0.1) is 11.3 Å². The number of aromatic nitrogens is 1. The van der Waals surface area contributed by atoms with Gasteiger partial charge in [0.05, 0.1) is 11.8 Å². The second kappa shape index (κ2) is 8.55. The van der Waals surface area contributed by atoms with Gasteiger partial charge in [0, 0.05) is 25.1 Å². The van der Waals surface area contributed by atoms with Crippen molar-refractivity contribution < 1.29 is 9.84 Å². The van der Waals surface area contributed by atoms with Gasteiger partial charge >= 0.3 is 0 Å². The molecule has 126 valence electrons. The van der Waals surface area contributed by atoms with Gasteiger partial charge < -0.3 is 9.84 Å². The maximum absolute atomic E-state index is 10.3. The second-order valence-corrected chi connectivity index (χ2v) is 6.79. The minimum absolute atomic E-state index is 0.0437. The highest BCUT2D eigenvalue weighted by Crippen LogP contribution is 2.22. The van der Waals surface area contributed by atoms with E-state index in [1.54, 1.807) is 11.3 Å². The first kappa shape index (κ1) is 18.1. The molecule has 1 aromatic heterocycles. The summed E-state index contributed by atoms with van der Waals surface area (Å²) in [6.45, 7) is 8.06. The highest BCUT2D eigenvalue weighted by Gasteiger charge is 2.14. The van der Waals surface area contributed by atoms with Crippen LogP contribution in [0.2, 0.25) is 0 Å². The molecular weight excluding hydrogens is 308 g/mol. The highest BCUT2D eigenvalue weighted by atomic mass is 32.1. The molecule has 0 bridgehead atoms. The summed E-state index contributed by atoms with van der Waals surface area (Å²) in [6, 6.07) is 8.03. The number of aliphatic hydroxyl groups is 1. The molecule has 0 fully saturated rings. The molecule has 0 saturated heterocycles. The quantitative estimate of drug-likeness (QED) is 0.799. The third-order valence-electron chi connectivity index (χ3n) is 3.71. The van der Waals surface area contributed by atoms with Crippen LogP contribution < -0.4 is 0 Å². The Morgan fingerprint density at radius 3 is 2.65 bits per heavy atom. The minimum Gasteiger partial charge on any atom is -0.387 e. The number of aryl methyl sites for hydroxylation is 1. The fraction of sp³-hybridized carbons (Fsp3) is 0.500. The molecule has 23 heavy (non-hydrogen) atoms. The minimum atomic E-state index is -0.485. The number of thiazole rings is 1. The Morgan fingerprint density at radius 1 is 1.30 bits per heavy atom. The maximum atomic E-state index is 10.3. The van der Waals surface area contributed by atoms with Crippen LogP contribution in [0.1, 0.15) is 47.9 Å². The topological polar surface area (TPSA) is 45.6 Å². The summed E-state index contributed by atoms with van der Waals surface area (Å²) >= 11 is 1.63. The number of benzene rings is 1. The van der Waals surface area contributed by atoms with Crippen molar-refractivity contribution in [2.45, 2.75) is 39.5 Å². The molecule has 2 aromatic rings. The van der Waals surface area contributed by atoms with Crippen LogP contribution in [0, 0.1) is 6.92 Å². The van der Waals surface area contributed by atoms with Gasteiger partial charge in [0.1, 0.15) is 11.1 Å². The number of ether oxygens (including phenoxy) is 1. The molecule has 0 spiro atoms. The van der Waals surface area contributed by atoms with Crippen molar-refractivity contribution in [3.63, 3.8) is 0 Å². The molecule has 0 aliphatic carbocycles. The first-order valence-corrected chi connectivity index (χ1v) is 8.86. The summed E-state index contributed by atoms with van der Waals surface area (Å²) in [4.78, 5) is 6.72. The molecular formula is C18H26N2O2S. The zero-order valence-corrected chi connectivity index (χ0v) is 15.1. The van der Waals surface area contributed by atoms with E-state index in [0.29, 0.717) is 13.2 Å². The Bertz CT molecular complexity index is 597. The van der Waals surface area contributed by atoms with Crippen LogP contribution in [0.3, 0.4) is 0 Å². The van der Waals surface area contributed by atoms with Crippen LogP contribution in [-0.2, 0) is 11.3 Å². The van der Waals surface area contributed by atoms with Gasteiger partial charge in [-0.05, 0) is 33.4 Å². The Labute approximate surface area is 142 Å². The Balaban J connectivity index is 1.89. The van der Waals surface area contributed by atoms with Crippen molar-refractivity contribution in [1.29, 1.82) is 0 Å². The van der Waals surface area contributed by atoms with Crippen LogP contribution in [-0.4, -0.2) is 35.2 Å². The lowest BCUT2D eigenvalue weighted by atomic mass is 10.1. The summed E-state index contributed by atoms with van der Waals surface area (Å²) in [5.41, 5.74) is 3.18. The van der Waals surface area contributed by atoms with E-state index in [1.165, 1.54) is 5.56 Å². The average Bonchev–Trinajstić information content (AvgIpc) is 2.96. The van der Waals surface area contributed by atoms with Crippen LogP contribution in [0.4, 0.5) is 0 Å². The maximum Gasteiger partial charge on any atom is 0.122 e. The third-order valence-corrected chi connectivity index (χ3v) is 4.77. The number of hydrogen-bond acceptors (Lipinski definition) is 5. The zero-order chi connectivity index (χ0) is 16.8. The molecule has 2 unspecified atom stereocenters. The van der Waals surface area contributed by atoms with Gasteiger partial charge in [0.25, 0.3) is 0 Å². The van der Waals surface area contributed by atoms with Crippen LogP contribution in [0.5, 0.6) is 0 Å². The van der Waals surface area contributed by atoms with Crippen molar-refractivity contribution in [1.82, 2.24) is 9.88 Å².